The largest absolute Gasteiger partial charge is 0.388 e. The summed E-state index contributed by atoms with van der Waals surface area (Å²) in [5.41, 5.74) is -3.30. The van der Waals surface area contributed by atoms with Gasteiger partial charge in [-0.25, -0.2) is 0 Å². The topological polar surface area (TPSA) is 98.7 Å². The van der Waals surface area contributed by atoms with Gasteiger partial charge in [-0.1, -0.05) is 40.5 Å². The van der Waals surface area contributed by atoms with Crippen LogP contribution in [-0.4, -0.2) is 45.3 Å². The van der Waals surface area contributed by atoms with E-state index in [4.69, 9.17) is 0 Å². The summed E-state index contributed by atoms with van der Waals surface area (Å²) in [5, 5.41) is 27.1. The molecule has 0 saturated heterocycles. The summed E-state index contributed by atoms with van der Waals surface area (Å²) >= 11 is 0. The molecule has 0 aromatic heterocycles. The van der Waals surface area contributed by atoms with Crippen molar-refractivity contribution in [2.75, 3.05) is 0 Å². The van der Waals surface area contributed by atoms with Gasteiger partial charge in [-0.05, 0) is 65.2 Å². The number of carbonyl (C=O) groups is 2. The van der Waals surface area contributed by atoms with E-state index >= 15 is 0 Å². The minimum absolute atomic E-state index is 0.297. The van der Waals surface area contributed by atoms with E-state index in [-0.39, 0.29) is 11.8 Å². The molecule has 1 fully saturated rings. The number of rotatable bonds is 10. The zero-order valence-electron chi connectivity index (χ0n) is 19.8. The van der Waals surface area contributed by atoms with Crippen molar-refractivity contribution in [3.05, 3.63) is 0 Å². The maximum atomic E-state index is 13.4. The van der Waals surface area contributed by atoms with Crippen molar-refractivity contribution < 1.29 is 19.8 Å². The first kappa shape index (κ1) is 25.9. The number of hydrogen-bond acceptors (Lipinski definition) is 4. The quantitative estimate of drug-likeness (QED) is 0.414. The average molecular weight is 413 g/mol. The van der Waals surface area contributed by atoms with Crippen LogP contribution in [0, 0.1) is 17.3 Å². The van der Waals surface area contributed by atoms with Gasteiger partial charge in [0, 0.05) is 0 Å². The van der Waals surface area contributed by atoms with Gasteiger partial charge in [-0.15, -0.1) is 0 Å². The van der Waals surface area contributed by atoms with Crippen LogP contribution in [0.15, 0.2) is 0 Å². The Kier molecular flexibility index (Phi) is 8.73. The maximum Gasteiger partial charge on any atom is 0.236 e. The lowest BCUT2D eigenvalue weighted by Gasteiger charge is -2.37. The fourth-order valence-electron chi connectivity index (χ4n) is 4.12. The van der Waals surface area contributed by atoms with Crippen LogP contribution in [0.5, 0.6) is 0 Å². The normalized spacial score (nSPS) is 19.3. The molecule has 1 saturated carbocycles. The van der Waals surface area contributed by atoms with Crippen LogP contribution in [0.3, 0.4) is 0 Å². The molecule has 6 heteroatoms. The van der Waals surface area contributed by atoms with Crippen molar-refractivity contribution in [3.8, 4) is 0 Å². The van der Waals surface area contributed by atoms with Crippen molar-refractivity contribution in [3.63, 3.8) is 0 Å². The average Bonchev–Trinajstić information content (AvgIpc) is 3.01. The molecule has 0 unspecified atom stereocenters. The lowest BCUT2D eigenvalue weighted by Crippen LogP contribution is -2.60. The summed E-state index contributed by atoms with van der Waals surface area (Å²) in [6.07, 6.45) is 3.88. The van der Waals surface area contributed by atoms with Crippen LogP contribution in [0.4, 0.5) is 0 Å². The second-order valence-electron chi connectivity index (χ2n) is 10.9. The summed E-state index contributed by atoms with van der Waals surface area (Å²) in [7, 11) is 0. The number of amides is 2. The second-order valence-corrected chi connectivity index (χ2v) is 10.9. The Morgan fingerprint density at radius 1 is 0.793 bits per heavy atom. The highest BCUT2D eigenvalue weighted by Gasteiger charge is 2.50. The lowest BCUT2D eigenvalue weighted by atomic mass is 9.81. The molecular weight excluding hydrogens is 368 g/mol. The Balaban J connectivity index is 3.08. The Hall–Kier alpha value is -1.14. The van der Waals surface area contributed by atoms with E-state index in [0.29, 0.717) is 37.5 Å². The molecule has 1 rings (SSSR count). The molecule has 1 aliphatic carbocycles. The molecule has 0 aromatic rings. The maximum absolute atomic E-state index is 13.4. The molecule has 0 aromatic carbocycles. The molecule has 170 valence electrons. The van der Waals surface area contributed by atoms with Crippen molar-refractivity contribution in [1.29, 1.82) is 0 Å². The van der Waals surface area contributed by atoms with Gasteiger partial charge >= 0.3 is 0 Å². The third-order valence-electron chi connectivity index (χ3n) is 6.06. The highest BCUT2D eigenvalue weighted by Crippen LogP contribution is 2.39. The fourth-order valence-corrected chi connectivity index (χ4v) is 4.12. The Morgan fingerprint density at radius 2 is 1.10 bits per heavy atom. The molecule has 0 bridgehead atoms. The van der Waals surface area contributed by atoms with Crippen LogP contribution in [0.1, 0.15) is 93.9 Å². The van der Waals surface area contributed by atoms with Crippen LogP contribution in [-0.2, 0) is 9.59 Å². The molecule has 2 amide bonds. The summed E-state index contributed by atoms with van der Waals surface area (Å²) < 4.78 is 0. The van der Waals surface area contributed by atoms with Crippen LogP contribution in [0.2, 0.25) is 0 Å². The number of hydrogen-bond donors (Lipinski definition) is 4. The van der Waals surface area contributed by atoms with Crippen LogP contribution >= 0.6 is 0 Å². The molecule has 0 radical (unpaired) electrons. The lowest BCUT2D eigenvalue weighted by molar-refractivity contribution is -0.146. The Morgan fingerprint density at radius 3 is 1.34 bits per heavy atom. The summed E-state index contributed by atoms with van der Waals surface area (Å²) in [6, 6.07) is -0.859. The molecule has 2 atom stereocenters. The van der Waals surface area contributed by atoms with E-state index in [0.717, 1.165) is 12.8 Å². The predicted molar refractivity (Wildman–Crippen MR) is 116 cm³/mol. The highest BCUT2D eigenvalue weighted by molar-refractivity contribution is 6.05. The summed E-state index contributed by atoms with van der Waals surface area (Å²) in [5.74, 6) is -0.0185. The second kappa shape index (κ2) is 9.78. The Labute approximate surface area is 177 Å². The van der Waals surface area contributed by atoms with E-state index < -0.39 is 28.7 Å². The van der Waals surface area contributed by atoms with E-state index in [1.54, 1.807) is 27.7 Å². The van der Waals surface area contributed by atoms with Crippen LogP contribution in [0.25, 0.3) is 0 Å². The minimum atomic E-state index is -1.14. The van der Waals surface area contributed by atoms with Crippen molar-refractivity contribution >= 4 is 11.8 Å². The van der Waals surface area contributed by atoms with Gasteiger partial charge in [0.05, 0.1) is 23.3 Å². The zero-order chi connectivity index (χ0) is 22.6. The Bertz CT molecular complexity index is 508. The third kappa shape index (κ3) is 7.25. The van der Waals surface area contributed by atoms with Crippen molar-refractivity contribution in [1.82, 2.24) is 10.6 Å². The molecule has 6 nitrogen and oxygen atoms in total. The number of carbonyl (C=O) groups excluding carboxylic acids is 2. The molecule has 4 N–H and O–H groups in total. The van der Waals surface area contributed by atoms with Gasteiger partial charge in [0.25, 0.3) is 0 Å². The molecule has 1 aliphatic rings. The fraction of sp³-hybridized carbons (Fsp3) is 0.913. The number of aliphatic hydroxyl groups is 2. The van der Waals surface area contributed by atoms with Gasteiger partial charge in [0.15, 0.2) is 0 Å². The molecule has 0 spiro atoms. The summed E-state index contributed by atoms with van der Waals surface area (Å²) in [6.45, 7) is 14.9. The highest BCUT2D eigenvalue weighted by atomic mass is 16.3. The van der Waals surface area contributed by atoms with Gasteiger partial charge in [0.1, 0.15) is 5.41 Å². The SMILES string of the molecule is CC(C)C[C@@H](NC(=O)C1(C(=O)N[C@H](CC(C)C)C(C)(C)O)CCCC1)C(C)(C)O. The van der Waals surface area contributed by atoms with E-state index in [2.05, 4.69) is 10.6 Å². The van der Waals surface area contributed by atoms with E-state index in [1.807, 2.05) is 27.7 Å². The van der Waals surface area contributed by atoms with E-state index in [9.17, 15) is 19.8 Å². The first-order valence-electron chi connectivity index (χ1n) is 11.2. The smallest absolute Gasteiger partial charge is 0.236 e. The van der Waals surface area contributed by atoms with Crippen molar-refractivity contribution in [2.45, 2.75) is 117 Å². The molecule has 0 heterocycles. The third-order valence-corrected chi connectivity index (χ3v) is 6.06. The predicted octanol–water partition coefficient (Wildman–Crippen LogP) is 3.15. The first-order valence-corrected chi connectivity index (χ1v) is 11.2. The molecule has 29 heavy (non-hydrogen) atoms. The van der Waals surface area contributed by atoms with E-state index in [1.165, 1.54) is 0 Å². The zero-order valence-corrected chi connectivity index (χ0v) is 19.8. The van der Waals surface area contributed by atoms with Crippen molar-refractivity contribution in [2.24, 2.45) is 17.3 Å². The van der Waals surface area contributed by atoms with Gasteiger partial charge in [-0.2, -0.15) is 0 Å². The van der Waals surface area contributed by atoms with Gasteiger partial charge < -0.3 is 20.8 Å². The molecular formula is C23H44N2O4. The molecule has 0 aliphatic heterocycles. The number of nitrogens with one attached hydrogen (secondary N) is 2. The summed E-state index contributed by atoms with van der Waals surface area (Å²) in [4.78, 5) is 26.7. The van der Waals surface area contributed by atoms with Gasteiger partial charge in [-0.3, -0.25) is 9.59 Å². The first-order chi connectivity index (χ1) is 13.1. The standard InChI is InChI=1S/C23H44N2O4/c1-15(2)13-17(21(5,6)28)24-19(26)23(11-9-10-12-23)20(27)25-18(14-16(3)4)22(7,8)29/h15-18,28-29H,9-14H2,1-8H3,(H,24,26)(H,25,27)/t17-,18-/m1/s1. The minimum Gasteiger partial charge on any atom is -0.388 e. The van der Waals surface area contributed by atoms with Gasteiger partial charge in [0.2, 0.25) is 11.8 Å². The van der Waals surface area contributed by atoms with Crippen LogP contribution < -0.4 is 10.6 Å². The monoisotopic (exact) mass is 412 g/mol.